The molecule has 1 aromatic rings. The molecule has 0 spiro atoms. The molecule has 6 nitrogen and oxygen atoms in total. The quantitative estimate of drug-likeness (QED) is 0.580. The van der Waals surface area contributed by atoms with Crippen LogP contribution in [0.15, 0.2) is 23.1 Å². The molecule has 3 N–H and O–H groups in total. The van der Waals surface area contributed by atoms with Gasteiger partial charge in [0.05, 0.1) is 7.11 Å². The third kappa shape index (κ3) is 4.33. The molecule has 0 radical (unpaired) electrons. The van der Waals surface area contributed by atoms with Crippen LogP contribution in [0, 0.1) is 0 Å². The summed E-state index contributed by atoms with van der Waals surface area (Å²) in [7, 11) is -2.13. The summed E-state index contributed by atoms with van der Waals surface area (Å²) in [4.78, 5) is 2.48. The van der Waals surface area contributed by atoms with Crippen LogP contribution in [-0.4, -0.2) is 46.6 Å². The number of nitrogens with zero attached hydrogens (tertiary/aromatic N) is 1. The number of likely N-dealkylation sites (tertiary alicyclic amines) is 1. The zero-order valence-electron chi connectivity index (χ0n) is 12.3. The van der Waals surface area contributed by atoms with E-state index in [1.807, 2.05) is 0 Å². The molecule has 0 amide bonds. The molecule has 0 aromatic heterocycles. The van der Waals surface area contributed by atoms with Crippen LogP contribution in [0.25, 0.3) is 0 Å². The van der Waals surface area contributed by atoms with E-state index in [4.69, 9.17) is 10.5 Å². The molecular formula is C14H23N3O3S. The minimum Gasteiger partial charge on any atom is -0.495 e. The van der Waals surface area contributed by atoms with Crippen molar-refractivity contribution in [3.63, 3.8) is 0 Å². The van der Waals surface area contributed by atoms with E-state index >= 15 is 0 Å². The Labute approximate surface area is 126 Å². The lowest BCUT2D eigenvalue weighted by Crippen LogP contribution is -2.29. The van der Waals surface area contributed by atoms with Gasteiger partial charge in [0.25, 0.3) is 0 Å². The lowest BCUT2D eigenvalue weighted by Gasteiger charge is -2.15. The first-order chi connectivity index (χ1) is 10.0. The van der Waals surface area contributed by atoms with Crippen LogP contribution in [0.4, 0.5) is 5.69 Å². The summed E-state index contributed by atoms with van der Waals surface area (Å²) in [6.07, 6.45) is 3.29. The number of hydrogen-bond donors (Lipinski definition) is 2. The fraction of sp³-hybridized carbons (Fsp3) is 0.571. The molecule has 1 aromatic carbocycles. The minimum absolute atomic E-state index is 0.125. The van der Waals surface area contributed by atoms with E-state index in [2.05, 4.69) is 9.62 Å². The molecule has 1 heterocycles. The highest BCUT2D eigenvalue weighted by atomic mass is 32.2. The lowest BCUT2D eigenvalue weighted by molar-refractivity contribution is 0.334. The smallest absolute Gasteiger partial charge is 0.244 e. The van der Waals surface area contributed by atoms with E-state index in [0.717, 1.165) is 26.1 Å². The summed E-state index contributed by atoms with van der Waals surface area (Å²) in [6, 6.07) is 4.54. The molecule has 7 heteroatoms. The van der Waals surface area contributed by atoms with E-state index in [0.29, 0.717) is 12.2 Å². The summed E-state index contributed by atoms with van der Waals surface area (Å²) < 4.78 is 32.3. The van der Waals surface area contributed by atoms with E-state index in [9.17, 15) is 8.42 Å². The first-order valence-electron chi connectivity index (χ1n) is 7.18. The van der Waals surface area contributed by atoms with Crippen LogP contribution in [0.1, 0.15) is 19.3 Å². The molecular weight excluding hydrogens is 290 g/mol. The number of hydrogen-bond acceptors (Lipinski definition) is 5. The van der Waals surface area contributed by atoms with Crippen molar-refractivity contribution in [2.45, 2.75) is 24.2 Å². The third-order valence-corrected chi connectivity index (χ3v) is 5.12. The Morgan fingerprint density at radius 3 is 2.71 bits per heavy atom. The van der Waals surface area contributed by atoms with Gasteiger partial charge in [-0.05, 0) is 51.0 Å². The average Bonchev–Trinajstić information content (AvgIpc) is 2.96. The van der Waals surface area contributed by atoms with Crippen molar-refractivity contribution in [3.05, 3.63) is 18.2 Å². The van der Waals surface area contributed by atoms with Gasteiger partial charge in [0.15, 0.2) is 0 Å². The van der Waals surface area contributed by atoms with Crippen LogP contribution in [0.3, 0.4) is 0 Å². The van der Waals surface area contributed by atoms with Crippen molar-refractivity contribution < 1.29 is 13.2 Å². The highest BCUT2D eigenvalue weighted by Crippen LogP contribution is 2.25. The second kappa shape index (κ2) is 7.11. The number of methoxy groups -OCH3 is 1. The Kier molecular flexibility index (Phi) is 5.44. The number of anilines is 1. The Balaban J connectivity index is 1.91. The first kappa shape index (κ1) is 16.1. The van der Waals surface area contributed by atoms with Crippen molar-refractivity contribution in [3.8, 4) is 5.75 Å². The molecule has 1 fully saturated rings. The molecule has 0 aliphatic carbocycles. The summed E-state index contributed by atoms with van der Waals surface area (Å²) in [5.41, 5.74) is 6.11. The van der Waals surface area contributed by atoms with Gasteiger partial charge in [0.2, 0.25) is 10.0 Å². The predicted octanol–water partition coefficient (Wildman–Crippen LogP) is 1.04. The summed E-state index contributed by atoms with van der Waals surface area (Å²) >= 11 is 0. The average molecular weight is 313 g/mol. The maximum atomic E-state index is 12.3. The molecule has 0 saturated carbocycles. The molecule has 0 bridgehead atoms. The van der Waals surface area contributed by atoms with E-state index < -0.39 is 10.0 Å². The van der Waals surface area contributed by atoms with E-state index in [1.54, 1.807) is 6.07 Å². The monoisotopic (exact) mass is 313 g/mol. The van der Waals surface area contributed by atoms with E-state index in [1.165, 1.54) is 32.1 Å². The molecule has 1 aliphatic heterocycles. The summed E-state index contributed by atoms with van der Waals surface area (Å²) in [5, 5.41) is 0. The first-order valence-corrected chi connectivity index (χ1v) is 8.67. The number of nitrogens with two attached hydrogens (primary N) is 1. The zero-order chi connectivity index (χ0) is 15.3. The van der Waals surface area contributed by atoms with Crippen molar-refractivity contribution in [2.75, 3.05) is 39.0 Å². The summed E-state index contributed by atoms with van der Waals surface area (Å²) in [6.45, 7) is 3.60. The van der Waals surface area contributed by atoms with Crippen LogP contribution < -0.4 is 15.2 Å². The van der Waals surface area contributed by atoms with Gasteiger partial charge in [-0.1, -0.05) is 0 Å². The number of rotatable bonds is 7. The van der Waals surface area contributed by atoms with Crippen LogP contribution in [0.2, 0.25) is 0 Å². The maximum absolute atomic E-state index is 12.3. The van der Waals surface area contributed by atoms with Crippen molar-refractivity contribution in [2.24, 2.45) is 0 Å². The Hall–Kier alpha value is -1.31. The number of ether oxygens (including phenoxy) is 1. The molecule has 1 aliphatic rings. The molecule has 118 valence electrons. The van der Waals surface area contributed by atoms with Crippen LogP contribution >= 0.6 is 0 Å². The normalized spacial score (nSPS) is 16.2. The number of nitrogen functional groups attached to an aromatic ring is 1. The largest absolute Gasteiger partial charge is 0.495 e. The van der Waals surface area contributed by atoms with Crippen LogP contribution in [0.5, 0.6) is 5.75 Å². The fourth-order valence-electron chi connectivity index (χ4n) is 2.50. The second-order valence-corrected chi connectivity index (χ2v) is 6.95. The Morgan fingerprint density at radius 2 is 2.05 bits per heavy atom. The Bertz CT molecular complexity index is 569. The van der Waals surface area contributed by atoms with Crippen LogP contribution in [-0.2, 0) is 10.0 Å². The van der Waals surface area contributed by atoms with Gasteiger partial charge in [-0.15, -0.1) is 0 Å². The molecule has 21 heavy (non-hydrogen) atoms. The fourth-order valence-corrected chi connectivity index (χ4v) is 3.72. The number of sulfonamides is 1. The summed E-state index contributed by atoms with van der Waals surface area (Å²) in [5.74, 6) is 0.266. The van der Waals surface area contributed by atoms with E-state index in [-0.39, 0.29) is 10.6 Å². The van der Waals surface area contributed by atoms with Gasteiger partial charge in [-0.3, -0.25) is 0 Å². The van der Waals surface area contributed by atoms with Gasteiger partial charge in [0, 0.05) is 18.3 Å². The van der Waals surface area contributed by atoms with Crippen molar-refractivity contribution >= 4 is 15.7 Å². The third-order valence-electron chi connectivity index (χ3n) is 3.62. The highest BCUT2D eigenvalue weighted by molar-refractivity contribution is 7.89. The number of nitrogens with one attached hydrogen (secondary N) is 1. The van der Waals surface area contributed by atoms with Gasteiger partial charge in [0.1, 0.15) is 10.6 Å². The maximum Gasteiger partial charge on any atom is 0.244 e. The lowest BCUT2D eigenvalue weighted by atomic mass is 10.3. The molecule has 0 unspecified atom stereocenters. The zero-order valence-corrected chi connectivity index (χ0v) is 13.2. The minimum atomic E-state index is -3.56. The second-order valence-electron chi connectivity index (χ2n) is 5.21. The van der Waals surface area contributed by atoms with Gasteiger partial charge in [-0.2, -0.15) is 0 Å². The predicted molar refractivity (Wildman–Crippen MR) is 82.9 cm³/mol. The SMILES string of the molecule is COc1cc(N)ccc1S(=O)(=O)NCCCN1CCCC1. The van der Waals surface area contributed by atoms with Gasteiger partial charge < -0.3 is 15.4 Å². The van der Waals surface area contributed by atoms with Crippen molar-refractivity contribution in [1.82, 2.24) is 9.62 Å². The van der Waals surface area contributed by atoms with Gasteiger partial charge >= 0.3 is 0 Å². The molecule has 0 atom stereocenters. The van der Waals surface area contributed by atoms with Gasteiger partial charge in [-0.25, -0.2) is 13.1 Å². The van der Waals surface area contributed by atoms with Crippen molar-refractivity contribution in [1.29, 1.82) is 0 Å². The molecule has 2 rings (SSSR count). The Morgan fingerprint density at radius 1 is 1.33 bits per heavy atom. The highest BCUT2D eigenvalue weighted by Gasteiger charge is 2.19. The topological polar surface area (TPSA) is 84.7 Å². The molecule has 1 saturated heterocycles. The number of benzene rings is 1. The standard InChI is InChI=1S/C14H23N3O3S/c1-20-13-11-12(15)5-6-14(13)21(18,19)16-7-4-10-17-8-2-3-9-17/h5-6,11,16H,2-4,7-10,15H2,1H3.